The van der Waals surface area contributed by atoms with Gasteiger partial charge in [0, 0.05) is 13.1 Å². The first kappa shape index (κ1) is 14.8. The van der Waals surface area contributed by atoms with Crippen LogP contribution < -0.4 is 5.32 Å². The monoisotopic (exact) mass is 270 g/mol. The van der Waals surface area contributed by atoms with E-state index in [0.29, 0.717) is 32.2 Å². The number of rotatable bonds is 4. The third-order valence-corrected chi connectivity index (χ3v) is 3.73. The molecule has 2 fully saturated rings. The Bertz CT molecular complexity index is 282. The van der Waals surface area contributed by atoms with Crippen LogP contribution in [-0.2, 0) is 14.3 Å². The van der Waals surface area contributed by atoms with Gasteiger partial charge in [-0.15, -0.1) is 0 Å². The van der Waals surface area contributed by atoms with E-state index in [1.54, 1.807) is 0 Å². The van der Waals surface area contributed by atoms with Crippen molar-refractivity contribution >= 4 is 5.91 Å². The fraction of sp³-hybridized carbons (Fsp3) is 0.929. The molecule has 5 heteroatoms. The number of amides is 1. The molecule has 0 saturated carbocycles. The number of nitrogens with one attached hydrogen (secondary N) is 1. The number of hydrogen-bond donors (Lipinski definition) is 1. The summed E-state index contributed by atoms with van der Waals surface area (Å²) in [6, 6.07) is 0. The first-order valence-corrected chi connectivity index (χ1v) is 7.40. The Balaban J connectivity index is 1.65. The van der Waals surface area contributed by atoms with Crippen molar-refractivity contribution in [3.8, 4) is 0 Å². The Kier molecular flexibility index (Phi) is 5.60. The smallest absolute Gasteiger partial charge is 0.225 e. The van der Waals surface area contributed by atoms with Crippen LogP contribution in [0.2, 0.25) is 0 Å². The number of nitrogens with zero attached hydrogens (tertiary/aromatic N) is 1. The van der Waals surface area contributed by atoms with Crippen LogP contribution in [0.25, 0.3) is 0 Å². The van der Waals surface area contributed by atoms with Gasteiger partial charge in [-0.05, 0) is 39.8 Å². The number of carbonyl (C=O) groups excluding carboxylic acids is 1. The van der Waals surface area contributed by atoms with Gasteiger partial charge in [-0.3, -0.25) is 4.79 Å². The van der Waals surface area contributed by atoms with Crippen LogP contribution in [0.15, 0.2) is 0 Å². The molecular formula is C14H26N2O3. The van der Waals surface area contributed by atoms with E-state index in [-0.39, 0.29) is 18.1 Å². The fourth-order valence-corrected chi connectivity index (χ4v) is 2.81. The molecule has 2 atom stereocenters. The molecular weight excluding hydrogens is 244 g/mol. The number of hydrogen-bond acceptors (Lipinski definition) is 4. The molecule has 0 aromatic rings. The van der Waals surface area contributed by atoms with Gasteiger partial charge in [-0.1, -0.05) is 0 Å². The summed E-state index contributed by atoms with van der Waals surface area (Å²) in [5.41, 5.74) is 0. The topological polar surface area (TPSA) is 50.8 Å². The minimum atomic E-state index is 0.137. The molecule has 2 aliphatic heterocycles. The van der Waals surface area contributed by atoms with Crippen molar-refractivity contribution in [1.29, 1.82) is 0 Å². The zero-order valence-corrected chi connectivity index (χ0v) is 12.1. The molecule has 1 amide bonds. The van der Waals surface area contributed by atoms with Gasteiger partial charge in [-0.25, -0.2) is 0 Å². The molecule has 2 heterocycles. The number of carbonyl (C=O) groups is 1. The summed E-state index contributed by atoms with van der Waals surface area (Å²) in [7, 11) is 0. The lowest BCUT2D eigenvalue weighted by atomic mass is 10.1. The molecule has 1 N–H and O–H groups in total. The lowest BCUT2D eigenvalue weighted by Crippen LogP contribution is -2.48. The van der Waals surface area contributed by atoms with E-state index in [9.17, 15) is 4.79 Å². The maximum atomic E-state index is 12.1. The quantitative estimate of drug-likeness (QED) is 0.820. The number of piperidine rings is 1. The van der Waals surface area contributed by atoms with Crippen LogP contribution in [0, 0.1) is 0 Å². The van der Waals surface area contributed by atoms with Gasteiger partial charge in [0.15, 0.2) is 0 Å². The van der Waals surface area contributed by atoms with Gasteiger partial charge in [0.25, 0.3) is 0 Å². The molecule has 0 aromatic carbocycles. The number of ether oxygens (including phenoxy) is 2. The molecule has 110 valence electrons. The maximum absolute atomic E-state index is 12.1. The highest BCUT2D eigenvalue weighted by Crippen LogP contribution is 2.12. The average molecular weight is 270 g/mol. The van der Waals surface area contributed by atoms with Crippen molar-refractivity contribution in [3.63, 3.8) is 0 Å². The predicted octanol–water partition coefficient (Wildman–Crippen LogP) is 0.781. The van der Waals surface area contributed by atoms with E-state index < -0.39 is 0 Å². The van der Waals surface area contributed by atoms with E-state index in [4.69, 9.17) is 9.47 Å². The van der Waals surface area contributed by atoms with Gasteiger partial charge >= 0.3 is 0 Å². The summed E-state index contributed by atoms with van der Waals surface area (Å²) in [6.07, 6.45) is 3.20. The highest BCUT2D eigenvalue weighted by atomic mass is 16.5. The Morgan fingerprint density at radius 2 is 1.89 bits per heavy atom. The summed E-state index contributed by atoms with van der Waals surface area (Å²) in [6.45, 7) is 8.04. The van der Waals surface area contributed by atoms with Gasteiger partial charge in [0.2, 0.25) is 5.91 Å². The molecule has 0 spiro atoms. The average Bonchev–Trinajstić information content (AvgIpc) is 2.38. The lowest BCUT2D eigenvalue weighted by Gasteiger charge is -2.35. The highest BCUT2D eigenvalue weighted by Gasteiger charge is 2.25. The van der Waals surface area contributed by atoms with Gasteiger partial charge in [-0.2, -0.15) is 0 Å². The second kappa shape index (κ2) is 7.22. The van der Waals surface area contributed by atoms with Crippen molar-refractivity contribution in [2.45, 2.75) is 51.4 Å². The Morgan fingerprint density at radius 3 is 2.53 bits per heavy atom. The largest absolute Gasteiger partial charge is 0.378 e. The Hall–Kier alpha value is -0.650. The normalized spacial score (nSPS) is 29.5. The van der Waals surface area contributed by atoms with E-state index >= 15 is 0 Å². The molecule has 0 radical (unpaired) electrons. The molecule has 2 saturated heterocycles. The minimum Gasteiger partial charge on any atom is -0.378 e. The third kappa shape index (κ3) is 4.75. The summed E-state index contributed by atoms with van der Waals surface area (Å²) >= 11 is 0. The summed E-state index contributed by atoms with van der Waals surface area (Å²) in [5.74, 6) is 0.191. The van der Waals surface area contributed by atoms with E-state index in [1.807, 2.05) is 18.7 Å². The Labute approximate surface area is 115 Å². The second-order valence-corrected chi connectivity index (χ2v) is 5.63. The molecule has 0 aliphatic carbocycles. The van der Waals surface area contributed by atoms with Crippen LogP contribution in [0.1, 0.15) is 33.1 Å². The van der Waals surface area contributed by atoms with E-state index in [1.165, 1.54) is 0 Å². The summed E-state index contributed by atoms with van der Waals surface area (Å²) in [4.78, 5) is 14.0. The molecule has 2 rings (SSSR count). The second-order valence-electron chi connectivity index (χ2n) is 5.63. The van der Waals surface area contributed by atoms with Crippen LogP contribution in [0.3, 0.4) is 0 Å². The SMILES string of the molecule is C[C@@H]1CN(C(=O)CCOC2CCNCC2)C[C@H](C)O1. The van der Waals surface area contributed by atoms with Gasteiger partial charge in [0.05, 0.1) is 31.3 Å². The third-order valence-electron chi connectivity index (χ3n) is 3.73. The van der Waals surface area contributed by atoms with Crippen molar-refractivity contribution < 1.29 is 14.3 Å². The van der Waals surface area contributed by atoms with E-state index in [2.05, 4.69) is 5.32 Å². The molecule has 0 aromatic heterocycles. The van der Waals surface area contributed by atoms with Crippen molar-refractivity contribution in [3.05, 3.63) is 0 Å². The van der Waals surface area contributed by atoms with Crippen LogP contribution in [0.4, 0.5) is 0 Å². The van der Waals surface area contributed by atoms with Crippen molar-refractivity contribution in [2.75, 3.05) is 32.8 Å². The van der Waals surface area contributed by atoms with Crippen molar-refractivity contribution in [2.24, 2.45) is 0 Å². The molecule has 2 aliphatic rings. The fourth-order valence-electron chi connectivity index (χ4n) is 2.81. The zero-order valence-electron chi connectivity index (χ0n) is 12.1. The van der Waals surface area contributed by atoms with Gasteiger partial charge in [0.1, 0.15) is 0 Å². The molecule has 5 nitrogen and oxygen atoms in total. The molecule has 19 heavy (non-hydrogen) atoms. The first-order valence-electron chi connectivity index (χ1n) is 7.40. The highest BCUT2D eigenvalue weighted by molar-refractivity contribution is 5.76. The lowest BCUT2D eigenvalue weighted by molar-refractivity contribution is -0.144. The van der Waals surface area contributed by atoms with Crippen LogP contribution in [0.5, 0.6) is 0 Å². The predicted molar refractivity (Wildman–Crippen MR) is 73.0 cm³/mol. The summed E-state index contributed by atoms with van der Waals surface area (Å²) in [5, 5.41) is 3.31. The van der Waals surface area contributed by atoms with Gasteiger partial charge < -0.3 is 19.7 Å². The van der Waals surface area contributed by atoms with Crippen LogP contribution >= 0.6 is 0 Å². The Morgan fingerprint density at radius 1 is 1.26 bits per heavy atom. The molecule has 0 bridgehead atoms. The summed E-state index contributed by atoms with van der Waals surface area (Å²) < 4.78 is 11.4. The van der Waals surface area contributed by atoms with Crippen molar-refractivity contribution in [1.82, 2.24) is 10.2 Å². The number of morpholine rings is 1. The molecule has 0 unspecified atom stereocenters. The van der Waals surface area contributed by atoms with E-state index in [0.717, 1.165) is 25.9 Å². The maximum Gasteiger partial charge on any atom is 0.225 e. The van der Waals surface area contributed by atoms with Crippen LogP contribution in [-0.4, -0.2) is 61.9 Å². The zero-order chi connectivity index (χ0) is 13.7. The minimum absolute atomic E-state index is 0.137. The standard InChI is InChI=1S/C14H26N2O3/c1-11-9-16(10-12(2)19-11)14(17)5-8-18-13-3-6-15-7-4-13/h11-13,15H,3-10H2,1-2H3/t11-,12+. The first-order chi connectivity index (χ1) is 9.15.